The molecule has 1 aliphatic carbocycles. The summed E-state index contributed by atoms with van der Waals surface area (Å²) in [7, 11) is 0. The lowest BCUT2D eigenvalue weighted by Gasteiger charge is -2.29. The predicted molar refractivity (Wildman–Crippen MR) is 91.5 cm³/mol. The summed E-state index contributed by atoms with van der Waals surface area (Å²) in [6.07, 6.45) is 5.28. The van der Waals surface area contributed by atoms with E-state index in [1.54, 1.807) is 6.08 Å². The number of carbonyl (C=O) groups is 1. The highest BCUT2D eigenvalue weighted by Gasteiger charge is 2.45. The first-order chi connectivity index (χ1) is 11.2. The van der Waals surface area contributed by atoms with E-state index >= 15 is 0 Å². The first-order valence-electron chi connectivity index (χ1n) is 7.97. The van der Waals surface area contributed by atoms with Crippen LogP contribution in [0, 0.1) is 5.92 Å². The van der Waals surface area contributed by atoms with Gasteiger partial charge in [-0.15, -0.1) is 0 Å². The van der Waals surface area contributed by atoms with Crippen LogP contribution in [0.3, 0.4) is 0 Å². The predicted octanol–water partition coefficient (Wildman–Crippen LogP) is 3.11. The Labute approximate surface area is 136 Å². The van der Waals surface area contributed by atoms with Crippen LogP contribution in [0.5, 0.6) is 0 Å². The molecule has 2 aromatic carbocycles. The molecule has 2 aromatic rings. The van der Waals surface area contributed by atoms with Gasteiger partial charge in [-0.25, -0.2) is 0 Å². The molecule has 0 aromatic heterocycles. The molecule has 1 fully saturated rings. The van der Waals surface area contributed by atoms with Crippen LogP contribution in [0.15, 0.2) is 66.7 Å². The lowest BCUT2D eigenvalue weighted by Crippen LogP contribution is -2.42. The van der Waals surface area contributed by atoms with Crippen LogP contribution in [-0.4, -0.2) is 17.6 Å². The number of aliphatic hydroxyl groups is 1. The fourth-order valence-electron chi connectivity index (χ4n) is 2.79. The van der Waals surface area contributed by atoms with Crippen molar-refractivity contribution in [2.75, 3.05) is 6.54 Å². The van der Waals surface area contributed by atoms with Gasteiger partial charge in [0.2, 0.25) is 5.91 Å². The number of hydrogen-bond acceptors (Lipinski definition) is 2. The highest BCUT2D eigenvalue weighted by Crippen LogP contribution is 2.45. The van der Waals surface area contributed by atoms with E-state index in [0.29, 0.717) is 0 Å². The van der Waals surface area contributed by atoms with Gasteiger partial charge in [-0.1, -0.05) is 60.7 Å². The Balaban J connectivity index is 1.63. The van der Waals surface area contributed by atoms with E-state index < -0.39 is 5.60 Å². The van der Waals surface area contributed by atoms with Crippen molar-refractivity contribution in [3.05, 3.63) is 77.9 Å². The Morgan fingerprint density at radius 2 is 1.70 bits per heavy atom. The van der Waals surface area contributed by atoms with Crippen molar-refractivity contribution < 1.29 is 9.90 Å². The quantitative estimate of drug-likeness (QED) is 0.806. The minimum Gasteiger partial charge on any atom is -0.383 e. The first-order valence-corrected chi connectivity index (χ1v) is 7.97. The highest BCUT2D eigenvalue weighted by atomic mass is 16.3. The first kappa shape index (κ1) is 15.5. The van der Waals surface area contributed by atoms with Crippen molar-refractivity contribution in [3.8, 4) is 0 Å². The Kier molecular flexibility index (Phi) is 4.58. The number of benzene rings is 2. The minimum atomic E-state index is -0.975. The molecule has 0 heterocycles. The Hall–Kier alpha value is -2.39. The van der Waals surface area contributed by atoms with E-state index in [9.17, 15) is 9.90 Å². The molecule has 0 spiro atoms. The van der Waals surface area contributed by atoms with Crippen molar-refractivity contribution in [1.29, 1.82) is 0 Å². The summed E-state index contributed by atoms with van der Waals surface area (Å²) in [4.78, 5) is 12.0. The van der Waals surface area contributed by atoms with Gasteiger partial charge in [-0.2, -0.15) is 0 Å². The van der Waals surface area contributed by atoms with Gasteiger partial charge in [0.05, 0.1) is 6.54 Å². The Morgan fingerprint density at radius 1 is 1.09 bits per heavy atom. The molecule has 3 rings (SSSR count). The molecule has 0 saturated heterocycles. The maximum atomic E-state index is 12.0. The topological polar surface area (TPSA) is 49.3 Å². The molecule has 1 saturated carbocycles. The van der Waals surface area contributed by atoms with Crippen molar-refractivity contribution in [3.63, 3.8) is 0 Å². The maximum absolute atomic E-state index is 12.0. The van der Waals surface area contributed by atoms with Crippen LogP contribution in [0.25, 0.3) is 6.08 Å². The van der Waals surface area contributed by atoms with Crippen LogP contribution >= 0.6 is 0 Å². The van der Waals surface area contributed by atoms with Gasteiger partial charge in [-0.3, -0.25) is 4.79 Å². The fraction of sp³-hybridized carbons (Fsp3) is 0.250. The summed E-state index contributed by atoms with van der Waals surface area (Å²) >= 11 is 0. The molecular formula is C20H21NO2. The summed E-state index contributed by atoms with van der Waals surface area (Å²) in [6, 6.07) is 19.3. The van der Waals surface area contributed by atoms with Crippen LogP contribution in [-0.2, 0) is 10.4 Å². The number of hydrogen-bond donors (Lipinski definition) is 2. The second-order valence-electron chi connectivity index (χ2n) is 6.03. The molecule has 0 bridgehead atoms. The fourth-order valence-corrected chi connectivity index (χ4v) is 2.79. The van der Waals surface area contributed by atoms with E-state index in [-0.39, 0.29) is 18.4 Å². The van der Waals surface area contributed by atoms with Crippen LogP contribution in [0.1, 0.15) is 24.0 Å². The zero-order valence-electron chi connectivity index (χ0n) is 13.0. The largest absolute Gasteiger partial charge is 0.383 e. The zero-order chi connectivity index (χ0) is 16.1. The smallest absolute Gasteiger partial charge is 0.244 e. The second kappa shape index (κ2) is 6.80. The van der Waals surface area contributed by atoms with E-state index in [1.165, 1.54) is 6.08 Å². The molecule has 0 radical (unpaired) electrons. The van der Waals surface area contributed by atoms with Crippen LogP contribution in [0.4, 0.5) is 0 Å². The van der Waals surface area contributed by atoms with Crippen molar-refractivity contribution in [2.45, 2.75) is 18.4 Å². The normalized spacial score (nSPS) is 16.9. The molecule has 3 nitrogen and oxygen atoms in total. The second-order valence-corrected chi connectivity index (χ2v) is 6.03. The SMILES string of the molecule is O=C(/C=C/c1ccccc1)NCC(O)(c1ccccc1)C1CC1. The zero-order valence-corrected chi connectivity index (χ0v) is 13.0. The molecule has 23 heavy (non-hydrogen) atoms. The summed E-state index contributed by atoms with van der Waals surface area (Å²) in [5.74, 6) is 0.0344. The van der Waals surface area contributed by atoms with Gasteiger partial charge in [0.1, 0.15) is 5.60 Å². The summed E-state index contributed by atoms with van der Waals surface area (Å²) in [5.41, 5.74) is 0.871. The van der Waals surface area contributed by atoms with E-state index in [1.807, 2.05) is 60.7 Å². The third-order valence-electron chi connectivity index (χ3n) is 4.29. The number of carbonyl (C=O) groups excluding carboxylic acids is 1. The van der Waals surface area contributed by atoms with Gasteiger partial charge in [-0.05, 0) is 36.0 Å². The molecule has 1 aliphatic rings. The van der Waals surface area contributed by atoms with Gasteiger partial charge < -0.3 is 10.4 Å². The standard InChI is InChI=1S/C20H21NO2/c22-19(14-11-16-7-3-1-4-8-16)21-15-20(23,18-12-13-18)17-9-5-2-6-10-17/h1-11,14,18,23H,12-13,15H2,(H,21,22)/b14-11+. The lowest BCUT2D eigenvalue weighted by atomic mass is 9.88. The molecule has 118 valence electrons. The third-order valence-corrected chi connectivity index (χ3v) is 4.29. The van der Waals surface area contributed by atoms with Crippen LogP contribution < -0.4 is 5.32 Å². The minimum absolute atomic E-state index is 0.191. The highest BCUT2D eigenvalue weighted by molar-refractivity contribution is 5.91. The molecule has 1 unspecified atom stereocenters. The Bertz CT molecular complexity index is 677. The molecule has 1 atom stereocenters. The van der Waals surface area contributed by atoms with Gasteiger partial charge >= 0.3 is 0 Å². The van der Waals surface area contributed by atoms with Crippen molar-refractivity contribution in [1.82, 2.24) is 5.32 Å². The molecule has 2 N–H and O–H groups in total. The van der Waals surface area contributed by atoms with E-state index in [2.05, 4.69) is 5.32 Å². The van der Waals surface area contributed by atoms with Crippen LogP contribution in [0.2, 0.25) is 0 Å². The molecular weight excluding hydrogens is 286 g/mol. The number of amides is 1. The Morgan fingerprint density at radius 3 is 2.30 bits per heavy atom. The molecule has 0 aliphatic heterocycles. The average molecular weight is 307 g/mol. The number of nitrogens with one attached hydrogen (secondary N) is 1. The van der Waals surface area contributed by atoms with E-state index in [4.69, 9.17) is 0 Å². The number of rotatable bonds is 6. The third kappa shape index (κ3) is 3.88. The maximum Gasteiger partial charge on any atom is 0.244 e. The van der Waals surface area contributed by atoms with E-state index in [0.717, 1.165) is 24.0 Å². The van der Waals surface area contributed by atoms with Crippen molar-refractivity contribution in [2.24, 2.45) is 5.92 Å². The lowest BCUT2D eigenvalue weighted by molar-refractivity contribution is -0.118. The van der Waals surface area contributed by atoms with Gasteiger partial charge in [0.25, 0.3) is 0 Å². The molecule has 1 amide bonds. The monoisotopic (exact) mass is 307 g/mol. The molecule has 3 heteroatoms. The summed E-state index contributed by atoms with van der Waals surface area (Å²) in [5, 5.41) is 13.9. The van der Waals surface area contributed by atoms with Gasteiger partial charge in [0, 0.05) is 6.08 Å². The average Bonchev–Trinajstić information content (AvgIpc) is 3.45. The summed E-state index contributed by atoms with van der Waals surface area (Å²) < 4.78 is 0. The summed E-state index contributed by atoms with van der Waals surface area (Å²) in [6.45, 7) is 0.236. The van der Waals surface area contributed by atoms with Crippen molar-refractivity contribution >= 4 is 12.0 Å². The van der Waals surface area contributed by atoms with Gasteiger partial charge in [0.15, 0.2) is 0 Å².